The van der Waals surface area contributed by atoms with Gasteiger partial charge in [0.15, 0.2) is 5.78 Å². The summed E-state index contributed by atoms with van der Waals surface area (Å²) < 4.78 is 1.30. The molecular weight excluding hydrogens is 156 g/mol. The third-order valence-corrected chi connectivity index (χ3v) is 1.62. The average Bonchev–Trinajstić information content (AvgIpc) is 1.99. The van der Waals surface area contributed by atoms with E-state index in [0.29, 0.717) is 5.56 Å². The maximum atomic E-state index is 11.1. The fraction of sp³-hybridized carbons (Fsp3) is 0.250. The van der Waals surface area contributed by atoms with E-state index in [2.05, 4.69) is 0 Å². The normalized spacial score (nSPS) is 9.83. The van der Waals surface area contributed by atoms with E-state index < -0.39 is 0 Å². The summed E-state index contributed by atoms with van der Waals surface area (Å²) >= 11 is 0. The van der Waals surface area contributed by atoms with E-state index in [-0.39, 0.29) is 17.0 Å². The van der Waals surface area contributed by atoms with E-state index in [9.17, 15) is 9.59 Å². The van der Waals surface area contributed by atoms with Gasteiger partial charge in [-0.25, -0.2) is 0 Å². The van der Waals surface area contributed by atoms with Gasteiger partial charge in [-0.15, -0.1) is 0 Å². The minimum atomic E-state index is -0.278. The molecule has 0 bridgehead atoms. The molecule has 0 aliphatic carbocycles. The molecule has 0 unspecified atom stereocenters. The van der Waals surface area contributed by atoms with Gasteiger partial charge in [-0.1, -0.05) is 0 Å². The molecule has 1 aromatic heterocycles. The molecule has 0 atom stereocenters. The van der Waals surface area contributed by atoms with Crippen molar-refractivity contribution in [2.24, 2.45) is 7.05 Å². The van der Waals surface area contributed by atoms with E-state index in [4.69, 9.17) is 5.73 Å². The third-order valence-electron chi connectivity index (χ3n) is 1.62. The van der Waals surface area contributed by atoms with E-state index in [0.717, 1.165) is 0 Å². The van der Waals surface area contributed by atoms with Gasteiger partial charge >= 0.3 is 0 Å². The summed E-state index contributed by atoms with van der Waals surface area (Å²) in [5.74, 6) is -0.0997. The number of pyridine rings is 1. The minimum absolute atomic E-state index is 0.0997. The highest BCUT2D eigenvalue weighted by Gasteiger charge is 2.03. The second-order valence-corrected chi connectivity index (χ2v) is 2.66. The standard InChI is InChI=1S/C8H10N2O2/c1-5(11)6-3-7(9)8(12)10(2)4-6/h3-4H,9H2,1-2H3. The molecule has 0 amide bonds. The second kappa shape index (κ2) is 2.81. The smallest absolute Gasteiger partial charge is 0.273 e. The quantitative estimate of drug-likeness (QED) is 0.605. The van der Waals surface area contributed by atoms with Crippen LogP contribution in [0.2, 0.25) is 0 Å². The Hall–Kier alpha value is -1.58. The summed E-state index contributed by atoms with van der Waals surface area (Å²) in [5, 5.41) is 0. The first-order valence-corrected chi connectivity index (χ1v) is 3.49. The summed E-state index contributed by atoms with van der Waals surface area (Å²) in [7, 11) is 1.56. The van der Waals surface area contributed by atoms with Crippen molar-refractivity contribution in [1.29, 1.82) is 0 Å². The number of Topliss-reactive ketones (excluding diaryl/α,β-unsaturated/α-hetero) is 1. The molecule has 1 heterocycles. The van der Waals surface area contributed by atoms with Gasteiger partial charge in [0.25, 0.3) is 5.56 Å². The lowest BCUT2D eigenvalue weighted by Crippen LogP contribution is -2.20. The molecule has 1 aromatic rings. The fourth-order valence-corrected chi connectivity index (χ4v) is 0.930. The first-order valence-electron chi connectivity index (χ1n) is 3.49. The Morgan fingerprint density at radius 3 is 2.58 bits per heavy atom. The summed E-state index contributed by atoms with van der Waals surface area (Å²) in [4.78, 5) is 22.0. The Morgan fingerprint density at radius 1 is 1.58 bits per heavy atom. The van der Waals surface area contributed by atoms with Crippen molar-refractivity contribution in [3.8, 4) is 0 Å². The monoisotopic (exact) mass is 166 g/mol. The first-order chi connectivity index (χ1) is 5.52. The van der Waals surface area contributed by atoms with Crippen molar-refractivity contribution in [2.45, 2.75) is 6.92 Å². The third kappa shape index (κ3) is 1.37. The minimum Gasteiger partial charge on any atom is -0.394 e. The SMILES string of the molecule is CC(=O)c1cc(N)c(=O)n(C)c1. The lowest BCUT2D eigenvalue weighted by Gasteiger charge is -2.01. The molecule has 0 spiro atoms. The molecule has 0 fully saturated rings. The number of nitrogens with zero attached hydrogens (tertiary/aromatic N) is 1. The molecule has 4 heteroatoms. The van der Waals surface area contributed by atoms with Gasteiger partial charge in [0.05, 0.1) is 5.69 Å². The predicted octanol–water partition coefficient (Wildman–Crippen LogP) is 0.170. The van der Waals surface area contributed by atoms with E-state index >= 15 is 0 Å². The highest BCUT2D eigenvalue weighted by atomic mass is 16.1. The summed E-state index contributed by atoms with van der Waals surface area (Å²) in [5.41, 5.74) is 5.65. The molecule has 0 aliphatic heterocycles. The first kappa shape index (κ1) is 8.52. The molecular formula is C8H10N2O2. The lowest BCUT2D eigenvalue weighted by atomic mass is 10.2. The molecule has 0 saturated carbocycles. The topological polar surface area (TPSA) is 65.1 Å². The van der Waals surface area contributed by atoms with E-state index in [1.807, 2.05) is 0 Å². The van der Waals surface area contributed by atoms with Crippen molar-refractivity contribution >= 4 is 11.5 Å². The Kier molecular flexibility index (Phi) is 1.99. The highest BCUT2D eigenvalue weighted by Crippen LogP contribution is 2.01. The molecule has 64 valence electrons. The van der Waals surface area contributed by atoms with Gasteiger partial charge < -0.3 is 10.3 Å². The van der Waals surface area contributed by atoms with Crippen LogP contribution in [0.1, 0.15) is 17.3 Å². The number of nitrogens with two attached hydrogens (primary N) is 1. The number of ketones is 1. The van der Waals surface area contributed by atoms with Crippen LogP contribution in [0.3, 0.4) is 0 Å². The lowest BCUT2D eigenvalue weighted by molar-refractivity contribution is 0.101. The van der Waals surface area contributed by atoms with Crippen LogP contribution in [-0.4, -0.2) is 10.4 Å². The zero-order valence-electron chi connectivity index (χ0n) is 7.00. The van der Waals surface area contributed by atoms with E-state index in [1.54, 1.807) is 7.05 Å². The number of carbonyl (C=O) groups is 1. The molecule has 1 rings (SSSR count). The maximum Gasteiger partial charge on any atom is 0.273 e. The molecule has 12 heavy (non-hydrogen) atoms. The largest absolute Gasteiger partial charge is 0.394 e. The maximum absolute atomic E-state index is 11.1. The molecule has 4 nitrogen and oxygen atoms in total. The number of hydrogen-bond acceptors (Lipinski definition) is 3. The number of anilines is 1. The molecule has 0 aromatic carbocycles. The van der Waals surface area contributed by atoms with E-state index in [1.165, 1.54) is 23.8 Å². The predicted molar refractivity (Wildman–Crippen MR) is 46.1 cm³/mol. The Balaban J connectivity index is 3.41. The second-order valence-electron chi connectivity index (χ2n) is 2.66. The van der Waals surface area contributed by atoms with Crippen molar-refractivity contribution in [2.75, 3.05) is 5.73 Å². The van der Waals surface area contributed by atoms with Crippen LogP contribution in [-0.2, 0) is 7.05 Å². The van der Waals surface area contributed by atoms with Gasteiger partial charge in [-0.05, 0) is 13.0 Å². The number of aromatic nitrogens is 1. The summed E-state index contributed by atoms with van der Waals surface area (Å²) in [6, 6.07) is 1.39. The molecule has 2 N–H and O–H groups in total. The molecule has 0 saturated heterocycles. The zero-order chi connectivity index (χ0) is 9.30. The van der Waals surface area contributed by atoms with Crippen LogP contribution in [0.4, 0.5) is 5.69 Å². The van der Waals surface area contributed by atoms with Gasteiger partial charge in [-0.2, -0.15) is 0 Å². The number of rotatable bonds is 1. The highest BCUT2D eigenvalue weighted by molar-refractivity contribution is 5.94. The van der Waals surface area contributed by atoms with Crippen molar-refractivity contribution in [3.63, 3.8) is 0 Å². The van der Waals surface area contributed by atoms with Crippen LogP contribution in [0.25, 0.3) is 0 Å². The Morgan fingerprint density at radius 2 is 2.17 bits per heavy atom. The van der Waals surface area contributed by atoms with Crippen LogP contribution >= 0.6 is 0 Å². The van der Waals surface area contributed by atoms with Crippen molar-refractivity contribution < 1.29 is 4.79 Å². The Bertz CT molecular complexity index is 353. The Labute approximate surface area is 69.6 Å². The van der Waals surface area contributed by atoms with Crippen LogP contribution < -0.4 is 11.3 Å². The summed E-state index contributed by atoms with van der Waals surface area (Å²) in [6.07, 6.45) is 1.47. The average molecular weight is 166 g/mol. The van der Waals surface area contributed by atoms with Gasteiger partial charge in [0, 0.05) is 18.8 Å². The summed E-state index contributed by atoms with van der Waals surface area (Å²) in [6.45, 7) is 1.43. The zero-order valence-corrected chi connectivity index (χ0v) is 7.00. The number of carbonyl (C=O) groups excluding carboxylic acids is 1. The number of aryl methyl sites for hydroxylation is 1. The number of nitrogen functional groups attached to an aromatic ring is 1. The molecule has 0 radical (unpaired) electrons. The number of hydrogen-bond donors (Lipinski definition) is 1. The molecule has 0 aliphatic rings. The van der Waals surface area contributed by atoms with Crippen molar-refractivity contribution in [1.82, 2.24) is 4.57 Å². The van der Waals surface area contributed by atoms with Gasteiger partial charge in [0.2, 0.25) is 0 Å². The van der Waals surface area contributed by atoms with Crippen LogP contribution in [0.15, 0.2) is 17.1 Å². The van der Waals surface area contributed by atoms with Crippen LogP contribution in [0.5, 0.6) is 0 Å². The fourth-order valence-electron chi connectivity index (χ4n) is 0.930. The van der Waals surface area contributed by atoms with Crippen LogP contribution in [0, 0.1) is 0 Å². The van der Waals surface area contributed by atoms with Gasteiger partial charge in [0.1, 0.15) is 0 Å². The van der Waals surface area contributed by atoms with Gasteiger partial charge in [-0.3, -0.25) is 9.59 Å². The van der Waals surface area contributed by atoms with Crippen molar-refractivity contribution in [3.05, 3.63) is 28.2 Å².